The van der Waals surface area contributed by atoms with Gasteiger partial charge in [-0.15, -0.1) is 0 Å². The molecular formula is C15H14ClF3N4O. The Hall–Kier alpha value is -2.35. The van der Waals surface area contributed by atoms with Gasteiger partial charge >= 0.3 is 6.18 Å². The van der Waals surface area contributed by atoms with E-state index in [4.69, 9.17) is 11.6 Å². The first-order chi connectivity index (χ1) is 11.2. The van der Waals surface area contributed by atoms with Crippen LogP contribution >= 0.6 is 11.6 Å². The van der Waals surface area contributed by atoms with Crippen LogP contribution in [0.2, 0.25) is 5.02 Å². The SMILES string of the molecule is CC(C)Nc1cc(C(=O)Nc2cc(C(F)(F)F)ccc2Cl)ncn1. The van der Waals surface area contributed by atoms with Gasteiger partial charge in [-0.3, -0.25) is 4.79 Å². The highest BCUT2D eigenvalue weighted by molar-refractivity contribution is 6.33. The molecule has 24 heavy (non-hydrogen) atoms. The van der Waals surface area contributed by atoms with Crippen molar-refractivity contribution in [3.63, 3.8) is 0 Å². The molecule has 2 N–H and O–H groups in total. The molecule has 0 aliphatic rings. The Kier molecular flexibility index (Phi) is 5.28. The predicted octanol–water partition coefficient (Wildman–Crippen LogP) is 4.22. The van der Waals surface area contributed by atoms with Gasteiger partial charge in [-0.1, -0.05) is 11.6 Å². The number of carbonyl (C=O) groups is 1. The number of rotatable bonds is 4. The molecule has 9 heteroatoms. The van der Waals surface area contributed by atoms with Crippen molar-refractivity contribution in [2.24, 2.45) is 0 Å². The van der Waals surface area contributed by atoms with Crippen molar-refractivity contribution >= 4 is 29.0 Å². The molecule has 2 rings (SSSR count). The maximum Gasteiger partial charge on any atom is 0.416 e. The van der Waals surface area contributed by atoms with Crippen molar-refractivity contribution in [3.8, 4) is 0 Å². The number of hydrogen-bond donors (Lipinski definition) is 2. The van der Waals surface area contributed by atoms with Gasteiger partial charge in [-0.25, -0.2) is 9.97 Å². The third-order valence-corrected chi connectivity index (χ3v) is 3.21. The van der Waals surface area contributed by atoms with E-state index in [-0.39, 0.29) is 22.4 Å². The van der Waals surface area contributed by atoms with Crippen LogP contribution in [0.4, 0.5) is 24.7 Å². The molecular weight excluding hydrogens is 345 g/mol. The number of nitrogens with zero attached hydrogens (tertiary/aromatic N) is 2. The summed E-state index contributed by atoms with van der Waals surface area (Å²) in [6.45, 7) is 3.79. The van der Waals surface area contributed by atoms with Crippen molar-refractivity contribution in [1.82, 2.24) is 9.97 Å². The molecule has 0 atom stereocenters. The topological polar surface area (TPSA) is 66.9 Å². The minimum atomic E-state index is -4.53. The van der Waals surface area contributed by atoms with E-state index < -0.39 is 17.6 Å². The van der Waals surface area contributed by atoms with E-state index in [2.05, 4.69) is 20.6 Å². The summed E-state index contributed by atoms with van der Waals surface area (Å²) in [7, 11) is 0. The van der Waals surface area contributed by atoms with Crippen LogP contribution in [0.5, 0.6) is 0 Å². The number of hydrogen-bond acceptors (Lipinski definition) is 4. The molecule has 5 nitrogen and oxygen atoms in total. The lowest BCUT2D eigenvalue weighted by molar-refractivity contribution is -0.137. The summed E-state index contributed by atoms with van der Waals surface area (Å²) in [5.74, 6) is -0.259. The average molecular weight is 359 g/mol. The Balaban J connectivity index is 2.24. The quantitative estimate of drug-likeness (QED) is 0.858. The van der Waals surface area contributed by atoms with Crippen molar-refractivity contribution < 1.29 is 18.0 Å². The summed E-state index contributed by atoms with van der Waals surface area (Å²) >= 11 is 5.85. The normalized spacial score (nSPS) is 11.5. The number of alkyl halides is 3. The van der Waals surface area contributed by atoms with E-state index in [1.807, 2.05) is 13.8 Å². The van der Waals surface area contributed by atoms with E-state index >= 15 is 0 Å². The summed E-state index contributed by atoms with van der Waals surface area (Å²) < 4.78 is 38.2. The van der Waals surface area contributed by atoms with Crippen molar-refractivity contribution in [1.29, 1.82) is 0 Å². The number of carbonyl (C=O) groups excluding carboxylic acids is 1. The van der Waals surface area contributed by atoms with Crippen LogP contribution in [0, 0.1) is 0 Å². The fraction of sp³-hybridized carbons (Fsp3) is 0.267. The molecule has 0 saturated heterocycles. The van der Waals surface area contributed by atoms with Crippen LogP contribution in [0.3, 0.4) is 0 Å². The van der Waals surface area contributed by atoms with Crippen LogP contribution in [-0.2, 0) is 6.18 Å². The smallest absolute Gasteiger partial charge is 0.368 e. The minimum absolute atomic E-state index is 0.00151. The van der Waals surface area contributed by atoms with E-state index in [0.29, 0.717) is 5.82 Å². The largest absolute Gasteiger partial charge is 0.416 e. The lowest BCUT2D eigenvalue weighted by Crippen LogP contribution is -2.17. The Morgan fingerprint density at radius 1 is 1.21 bits per heavy atom. The molecule has 128 valence electrons. The third-order valence-electron chi connectivity index (χ3n) is 2.88. The molecule has 0 fully saturated rings. The Labute approximate surface area is 141 Å². The minimum Gasteiger partial charge on any atom is -0.368 e. The van der Waals surface area contributed by atoms with E-state index in [9.17, 15) is 18.0 Å². The highest BCUT2D eigenvalue weighted by Crippen LogP contribution is 2.33. The van der Waals surface area contributed by atoms with E-state index in [0.717, 1.165) is 18.2 Å². The predicted molar refractivity (Wildman–Crippen MR) is 85.2 cm³/mol. The van der Waals surface area contributed by atoms with Crippen LogP contribution in [-0.4, -0.2) is 21.9 Å². The highest BCUT2D eigenvalue weighted by Gasteiger charge is 2.31. The maximum atomic E-state index is 12.7. The number of benzene rings is 1. The number of amides is 1. The number of nitrogens with one attached hydrogen (secondary N) is 2. The summed E-state index contributed by atoms with van der Waals surface area (Å²) in [4.78, 5) is 20.0. The first kappa shape index (κ1) is 18.0. The monoisotopic (exact) mass is 358 g/mol. The summed E-state index contributed by atoms with van der Waals surface area (Å²) in [5.41, 5.74) is -1.05. The molecule has 1 aromatic heterocycles. The number of aromatic nitrogens is 2. The Morgan fingerprint density at radius 2 is 1.92 bits per heavy atom. The molecule has 0 radical (unpaired) electrons. The van der Waals surface area contributed by atoms with Crippen LogP contribution in [0.15, 0.2) is 30.6 Å². The van der Waals surface area contributed by atoms with Gasteiger partial charge in [-0.2, -0.15) is 13.2 Å². The zero-order chi connectivity index (χ0) is 17.9. The molecule has 0 saturated carbocycles. The third kappa shape index (κ3) is 4.58. The van der Waals surface area contributed by atoms with Gasteiger partial charge in [0.1, 0.15) is 17.8 Å². The van der Waals surface area contributed by atoms with Gasteiger partial charge < -0.3 is 10.6 Å². The Morgan fingerprint density at radius 3 is 2.54 bits per heavy atom. The molecule has 1 heterocycles. The molecule has 2 aromatic rings. The maximum absolute atomic E-state index is 12.7. The zero-order valence-electron chi connectivity index (χ0n) is 12.8. The fourth-order valence-electron chi connectivity index (χ4n) is 1.84. The fourth-order valence-corrected chi connectivity index (χ4v) is 2.00. The molecule has 0 unspecified atom stereocenters. The summed E-state index contributed by atoms with van der Waals surface area (Å²) in [5, 5.41) is 5.32. The van der Waals surface area contributed by atoms with Crippen LogP contribution in [0.1, 0.15) is 29.9 Å². The molecule has 0 aliphatic heterocycles. The molecule has 1 aromatic carbocycles. The Bertz CT molecular complexity index is 750. The van der Waals surface area contributed by atoms with E-state index in [1.165, 1.54) is 12.4 Å². The number of anilines is 2. The summed E-state index contributed by atoms with van der Waals surface area (Å²) in [6, 6.07) is 4.18. The first-order valence-corrected chi connectivity index (χ1v) is 7.31. The summed E-state index contributed by atoms with van der Waals surface area (Å²) in [6.07, 6.45) is -3.35. The van der Waals surface area contributed by atoms with E-state index in [1.54, 1.807) is 0 Å². The van der Waals surface area contributed by atoms with Crippen LogP contribution < -0.4 is 10.6 Å². The second-order valence-electron chi connectivity index (χ2n) is 5.23. The lowest BCUT2D eigenvalue weighted by atomic mass is 10.2. The molecule has 0 spiro atoms. The van der Waals surface area contributed by atoms with Gasteiger partial charge in [0.25, 0.3) is 5.91 Å². The van der Waals surface area contributed by atoms with Crippen molar-refractivity contribution in [2.75, 3.05) is 10.6 Å². The standard InChI is InChI=1S/C15H14ClF3N4O/c1-8(2)22-13-6-12(20-7-21-13)14(24)23-11-5-9(15(17,18)19)3-4-10(11)16/h3-8H,1-2H3,(H,23,24)(H,20,21,22). The molecule has 0 bridgehead atoms. The highest BCUT2D eigenvalue weighted by atomic mass is 35.5. The van der Waals surface area contributed by atoms with Gasteiger partial charge in [0, 0.05) is 12.1 Å². The molecule has 0 aliphatic carbocycles. The number of halogens is 4. The van der Waals surface area contributed by atoms with Crippen LogP contribution in [0.25, 0.3) is 0 Å². The van der Waals surface area contributed by atoms with Gasteiger partial charge in [-0.05, 0) is 32.0 Å². The zero-order valence-corrected chi connectivity index (χ0v) is 13.5. The van der Waals surface area contributed by atoms with Crippen molar-refractivity contribution in [2.45, 2.75) is 26.1 Å². The average Bonchev–Trinajstić information content (AvgIpc) is 2.48. The van der Waals surface area contributed by atoms with Gasteiger partial charge in [0.2, 0.25) is 0 Å². The molecule has 1 amide bonds. The van der Waals surface area contributed by atoms with Gasteiger partial charge in [0.15, 0.2) is 0 Å². The second-order valence-corrected chi connectivity index (χ2v) is 5.64. The van der Waals surface area contributed by atoms with Crippen molar-refractivity contribution in [3.05, 3.63) is 46.9 Å². The lowest BCUT2D eigenvalue weighted by Gasteiger charge is -2.12. The second kappa shape index (κ2) is 7.04. The first-order valence-electron chi connectivity index (χ1n) is 6.93. The van der Waals surface area contributed by atoms with Gasteiger partial charge in [0.05, 0.1) is 16.3 Å².